The van der Waals surface area contributed by atoms with Crippen molar-refractivity contribution in [2.45, 2.75) is 26.9 Å². The summed E-state index contributed by atoms with van der Waals surface area (Å²) in [7, 11) is 0. The highest BCUT2D eigenvalue weighted by molar-refractivity contribution is 7.15. The summed E-state index contributed by atoms with van der Waals surface area (Å²) in [6, 6.07) is 7.55. The normalized spacial score (nSPS) is 15.1. The molecule has 4 aromatic heterocycles. The molecule has 0 saturated carbocycles. The van der Waals surface area contributed by atoms with Crippen LogP contribution in [0.5, 0.6) is 0 Å². The first-order valence-corrected chi connectivity index (χ1v) is 12.2. The van der Waals surface area contributed by atoms with Crippen LogP contribution >= 0.6 is 11.3 Å². The van der Waals surface area contributed by atoms with Crippen molar-refractivity contribution in [3.05, 3.63) is 86.9 Å². The Balaban J connectivity index is 1.18. The lowest BCUT2D eigenvalue weighted by Crippen LogP contribution is -2.48. The van der Waals surface area contributed by atoms with Gasteiger partial charge in [-0.3, -0.25) is 18.9 Å². The lowest BCUT2D eigenvalue weighted by atomic mass is 10.2. The Morgan fingerprint density at radius 2 is 2.00 bits per heavy atom. The van der Waals surface area contributed by atoms with Gasteiger partial charge in [-0.15, -0.1) is 11.3 Å². The summed E-state index contributed by atoms with van der Waals surface area (Å²) in [5.74, 6) is 0.925. The average molecular weight is 478 g/mol. The molecule has 0 bridgehead atoms. The third kappa shape index (κ3) is 4.62. The maximum Gasteiger partial charge on any atom is 0.258 e. The third-order valence-electron chi connectivity index (χ3n) is 6.34. The molecule has 1 aliphatic heterocycles. The molecule has 8 nitrogen and oxygen atoms in total. The number of thiazole rings is 1. The molecule has 0 N–H and O–H groups in total. The SMILES string of the molecule is Cc1cc(C=CC(=O)N2CCN(Cc3cc(=O)n4ccsc4n3)CC2)c(C)n1Cc1ccco1. The van der Waals surface area contributed by atoms with Crippen LogP contribution in [0.1, 0.15) is 28.4 Å². The predicted octanol–water partition coefficient (Wildman–Crippen LogP) is 3.17. The van der Waals surface area contributed by atoms with E-state index in [0.29, 0.717) is 31.1 Å². The Hall–Kier alpha value is -3.43. The molecule has 1 fully saturated rings. The molecule has 1 saturated heterocycles. The van der Waals surface area contributed by atoms with Crippen LogP contribution < -0.4 is 5.56 Å². The molecule has 0 atom stereocenters. The van der Waals surface area contributed by atoms with Gasteiger partial charge in [0, 0.05) is 67.8 Å². The van der Waals surface area contributed by atoms with Crippen LogP contribution in [0.3, 0.4) is 0 Å². The summed E-state index contributed by atoms with van der Waals surface area (Å²) < 4.78 is 9.23. The Morgan fingerprint density at radius 3 is 2.76 bits per heavy atom. The quantitative estimate of drug-likeness (QED) is 0.399. The maximum absolute atomic E-state index is 12.8. The Kier molecular flexibility index (Phi) is 6.21. The number of fused-ring (bicyclic) bond motifs is 1. The van der Waals surface area contributed by atoms with Gasteiger partial charge in [0.05, 0.1) is 18.5 Å². The van der Waals surface area contributed by atoms with Crippen molar-refractivity contribution in [1.82, 2.24) is 23.8 Å². The van der Waals surface area contributed by atoms with Crippen molar-refractivity contribution in [2.75, 3.05) is 26.2 Å². The number of piperazine rings is 1. The van der Waals surface area contributed by atoms with Gasteiger partial charge in [-0.05, 0) is 43.7 Å². The number of amides is 1. The molecular weight excluding hydrogens is 450 g/mol. The van der Waals surface area contributed by atoms with Gasteiger partial charge in [-0.1, -0.05) is 0 Å². The fourth-order valence-corrected chi connectivity index (χ4v) is 5.13. The van der Waals surface area contributed by atoms with Gasteiger partial charge in [0.25, 0.3) is 5.56 Å². The van der Waals surface area contributed by atoms with Crippen LogP contribution in [0.4, 0.5) is 0 Å². The van der Waals surface area contributed by atoms with Crippen LogP contribution in [0.15, 0.2) is 57.4 Å². The molecular formula is C25H27N5O3S. The molecule has 4 aromatic rings. The van der Waals surface area contributed by atoms with Gasteiger partial charge in [0.2, 0.25) is 5.91 Å². The molecule has 5 heterocycles. The Bertz CT molecular complexity index is 1390. The first-order chi connectivity index (χ1) is 16.5. The van der Waals surface area contributed by atoms with Crippen molar-refractivity contribution in [2.24, 2.45) is 0 Å². The van der Waals surface area contributed by atoms with Gasteiger partial charge < -0.3 is 13.9 Å². The van der Waals surface area contributed by atoms with Crippen LogP contribution in [-0.4, -0.2) is 55.8 Å². The van der Waals surface area contributed by atoms with Crippen LogP contribution in [0.25, 0.3) is 11.0 Å². The van der Waals surface area contributed by atoms with Gasteiger partial charge in [0.1, 0.15) is 5.76 Å². The molecule has 1 aliphatic rings. The van der Waals surface area contributed by atoms with Gasteiger partial charge in [0.15, 0.2) is 4.96 Å². The second kappa shape index (κ2) is 9.44. The van der Waals surface area contributed by atoms with E-state index >= 15 is 0 Å². The van der Waals surface area contributed by atoms with E-state index in [1.54, 1.807) is 29.0 Å². The van der Waals surface area contributed by atoms with Crippen molar-refractivity contribution >= 4 is 28.3 Å². The van der Waals surface area contributed by atoms with Crippen LogP contribution in [0.2, 0.25) is 0 Å². The van der Waals surface area contributed by atoms with E-state index in [0.717, 1.165) is 41.5 Å². The zero-order chi connectivity index (χ0) is 23.7. The first kappa shape index (κ1) is 22.4. The summed E-state index contributed by atoms with van der Waals surface area (Å²) in [6.07, 6.45) is 7.00. The van der Waals surface area contributed by atoms with Crippen molar-refractivity contribution in [3.8, 4) is 0 Å². The van der Waals surface area contributed by atoms with Crippen molar-refractivity contribution in [1.29, 1.82) is 0 Å². The summed E-state index contributed by atoms with van der Waals surface area (Å²) in [6.45, 7) is 8.23. The van der Waals surface area contributed by atoms with Crippen molar-refractivity contribution < 1.29 is 9.21 Å². The number of aryl methyl sites for hydroxylation is 1. The molecule has 9 heteroatoms. The van der Waals surface area contributed by atoms with E-state index in [-0.39, 0.29) is 11.5 Å². The van der Waals surface area contributed by atoms with E-state index in [1.807, 2.05) is 28.5 Å². The highest BCUT2D eigenvalue weighted by Crippen LogP contribution is 2.19. The Labute approximate surface area is 201 Å². The number of hydrogen-bond donors (Lipinski definition) is 0. The molecule has 0 radical (unpaired) electrons. The zero-order valence-corrected chi connectivity index (χ0v) is 20.1. The lowest BCUT2D eigenvalue weighted by molar-refractivity contribution is -0.127. The molecule has 0 unspecified atom stereocenters. The summed E-state index contributed by atoms with van der Waals surface area (Å²) in [5, 5.41) is 1.86. The summed E-state index contributed by atoms with van der Waals surface area (Å²) in [5.41, 5.74) is 4.00. The zero-order valence-electron chi connectivity index (χ0n) is 19.3. The number of furan rings is 1. The number of carbonyl (C=O) groups is 1. The number of aromatic nitrogens is 3. The molecule has 1 amide bonds. The number of rotatable bonds is 6. The molecule has 0 aromatic carbocycles. The standard InChI is InChI=1S/C25H27N5O3S/c1-18-14-20(19(2)30(18)17-22-4-3-12-33-22)5-6-23(31)28-9-7-27(8-10-28)16-21-15-24(32)29-11-13-34-25(29)26-21/h3-6,11-15H,7-10,16-17H2,1-2H3. The second-order valence-corrected chi connectivity index (χ2v) is 9.44. The molecule has 34 heavy (non-hydrogen) atoms. The van der Waals surface area contributed by atoms with Gasteiger partial charge in [-0.25, -0.2) is 4.98 Å². The van der Waals surface area contributed by atoms with Crippen LogP contribution in [0, 0.1) is 13.8 Å². The second-order valence-electron chi connectivity index (χ2n) is 8.57. The highest BCUT2D eigenvalue weighted by atomic mass is 32.1. The smallest absolute Gasteiger partial charge is 0.258 e. The number of nitrogens with zero attached hydrogens (tertiary/aromatic N) is 5. The number of carbonyl (C=O) groups excluding carboxylic acids is 1. The van der Waals surface area contributed by atoms with Crippen molar-refractivity contribution in [3.63, 3.8) is 0 Å². The number of hydrogen-bond acceptors (Lipinski definition) is 6. The van der Waals surface area contributed by atoms with E-state index in [1.165, 1.54) is 11.3 Å². The minimum absolute atomic E-state index is 0.0202. The third-order valence-corrected chi connectivity index (χ3v) is 7.09. The fraction of sp³-hybridized carbons (Fsp3) is 0.320. The average Bonchev–Trinajstić information content (AvgIpc) is 3.56. The summed E-state index contributed by atoms with van der Waals surface area (Å²) in [4.78, 5) is 34.4. The topological polar surface area (TPSA) is 76.0 Å². The fourth-order valence-electron chi connectivity index (χ4n) is 4.39. The molecule has 5 rings (SSSR count). The first-order valence-electron chi connectivity index (χ1n) is 11.3. The maximum atomic E-state index is 12.8. The molecule has 0 spiro atoms. The van der Waals surface area contributed by atoms with Gasteiger partial charge >= 0.3 is 0 Å². The van der Waals surface area contributed by atoms with E-state index in [2.05, 4.69) is 34.4 Å². The minimum atomic E-state index is -0.0521. The molecule has 0 aliphatic carbocycles. The minimum Gasteiger partial charge on any atom is -0.467 e. The largest absolute Gasteiger partial charge is 0.467 e. The Morgan fingerprint density at radius 1 is 1.18 bits per heavy atom. The highest BCUT2D eigenvalue weighted by Gasteiger charge is 2.20. The summed E-state index contributed by atoms with van der Waals surface area (Å²) >= 11 is 1.46. The monoisotopic (exact) mass is 477 g/mol. The van der Waals surface area contributed by atoms with Crippen LogP contribution in [-0.2, 0) is 17.9 Å². The lowest BCUT2D eigenvalue weighted by Gasteiger charge is -2.34. The van der Waals surface area contributed by atoms with E-state index < -0.39 is 0 Å². The van der Waals surface area contributed by atoms with Gasteiger partial charge in [-0.2, -0.15) is 0 Å². The predicted molar refractivity (Wildman–Crippen MR) is 132 cm³/mol. The molecule has 176 valence electrons. The van der Waals surface area contributed by atoms with E-state index in [9.17, 15) is 9.59 Å². The van der Waals surface area contributed by atoms with E-state index in [4.69, 9.17) is 4.42 Å².